The number of nitrogens with zero attached hydrogens (tertiary/aromatic N) is 4. The Balaban J connectivity index is 1.22. The van der Waals surface area contributed by atoms with Gasteiger partial charge < -0.3 is 29.7 Å². The minimum absolute atomic E-state index is 0.00375. The molecule has 4 amide bonds. The van der Waals surface area contributed by atoms with E-state index in [1.807, 2.05) is 39.0 Å². The quantitative estimate of drug-likeness (QED) is 0.225. The van der Waals surface area contributed by atoms with Crippen LogP contribution in [0.5, 0.6) is 17.4 Å². The molecule has 0 radical (unpaired) electrons. The maximum Gasteiger partial charge on any atom is 0.272 e. The lowest BCUT2D eigenvalue weighted by atomic mass is 10.0. The summed E-state index contributed by atoms with van der Waals surface area (Å²) in [7, 11) is -2.36. The van der Waals surface area contributed by atoms with Crippen molar-refractivity contribution in [1.82, 2.24) is 35.0 Å². The van der Waals surface area contributed by atoms with E-state index in [2.05, 4.69) is 20.5 Å². The molecular formula is C41H52FN7O9S. The highest BCUT2D eigenvalue weighted by atomic mass is 32.2. The first-order valence-corrected chi connectivity index (χ1v) is 21.8. The number of fused-ring (bicyclic) bond motifs is 3. The first-order valence-electron chi connectivity index (χ1n) is 20.3. The fourth-order valence-corrected chi connectivity index (χ4v) is 9.29. The third kappa shape index (κ3) is 9.16. The number of carbonyl (C=O) groups is 4. The van der Waals surface area contributed by atoms with Crippen molar-refractivity contribution in [1.29, 1.82) is 0 Å². The number of aromatic nitrogens is 3. The molecule has 1 saturated heterocycles. The van der Waals surface area contributed by atoms with Gasteiger partial charge in [0.1, 0.15) is 47.6 Å². The molecule has 7 rings (SSSR count). The number of carbonyl (C=O) groups excluding carboxylic acids is 4. The van der Waals surface area contributed by atoms with E-state index in [1.54, 1.807) is 19.2 Å². The molecule has 59 heavy (non-hydrogen) atoms. The zero-order valence-electron chi connectivity index (χ0n) is 33.7. The Morgan fingerprint density at radius 2 is 1.90 bits per heavy atom. The average Bonchev–Trinajstić information content (AvgIpc) is 4.07. The second-order valence-electron chi connectivity index (χ2n) is 16.1. The van der Waals surface area contributed by atoms with Gasteiger partial charge in [0.2, 0.25) is 27.7 Å². The van der Waals surface area contributed by atoms with Crippen LogP contribution in [0.25, 0.3) is 10.9 Å². The first kappa shape index (κ1) is 41.9. The molecular weight excluding hydrogens is 786 g/mol. The Hall–Kier alpha value is -5.26. The zero-order valence-corrected chi connectivity index (χ0v) is 34.6. The van der Waals surface area contributed by atoms with E-state index in [1.165, 1.54) is 21.8 Å². The van der Waals surface area contributed by atoms with Gasteiger partial charge in [-0.25, -0.2) is 17.8 Å². The summed E-state index contributed by atoms with van der Waals surface area (Å²) >= 11 is 0. The number of allylic oxidation sites excluding steroid dienone is 1. The van der Waals surface area contributed by atoms with Crippen molar-refractivity contribution in [2.24, 2.45) is 5.92 Å². The van der Waals surface area contributed by atoms with Gasteiger partial charge in [-0.3, -0.25) is 28.6 Å². The Morgan fingerprint density at radius 3 is 2.63 bits per heavy atom. The number of benzene rings is 1. The lowest BCUT2D eigenvalue weighted by Gasteiger charge is -2.29. The highest BCUT2D eigenvalue weighted by Gasteiger charge is 2.62. The van der Waals surface area contributed by atoms with Crippen LogP contribution in [0.1, 0.15) is 87.7 Å². The van der Waals surface area contributed by atoms with Crippen LogP contribution >= 0.6 is 0 Å². The number of nitrogens with one attached hydrogen (secondary N) is 3. The Labute approximate surface area is 342 Å². The smallest absolute Gasteiger partial charge is 0.272 e. The summed E-state index contributed by atoms with van der Waals surface area (Å²) in [5.74, 6) is -1.78. The zero-order chi connectivity index (χ0) is 42.1. The van der Waals surface area contributed by atoms with Crippen molar-refractivity contribution >= 4 is 44.6 Å². The van der Waals surface area contributed by atoms with E-state index in [9.17, 15) is 32.0 Å². The van der Waals surface area contributed by atoms with Crippen molar-refractivity contribution in [2.45, 2.75) is 120 Å². The molecule has 0 bridgehead atoms. The van der Waals surface area contributed by atoms with Crippen LogP contribution in [0.3, 0.4) is 0 Å². The molecule has 4 aliphatic rings. The number of ether oxygens (including phenoxy) is 3. The normalized spacial score (nSPS) is 25.0. The van der Waals surface area contributed by atoms with E-state index >= 15 is 0 Å². The van der Waals surface area contributed by atoms with E-state index in [4.69, 9.17) is 19.2 Å². The van der Waals surface area contributed by atoms with Crippen LogP contribution in [-0.4, -0.2) is 107 Å². The number of hydrogen-bond donors (Lipinski definition) is 3. The minimum atomic E-state index is -3.93. The molecule has 0 unspecified atom stereocenters. The monoisotopic (exact) mass is 837 g/mol. The van der Waals surface area contributed by atoms with Gasteiger partial charge in [0, 0.05) is 35.6 Å². The predicted molar refractivity (Wildman–Crippen MR) is 214 cm³/mol. The van der Waals surface area contributed by atoms with Crippen LogP contribution in [0.2, 0.25) is 0 Å². The SMILES string of the molecule is COc1ccc2c(O[C@@H]3C[C@H]4C(=O)N[C@]5(C(=O)NS(=O)(=O)C6CC6)C[C@H]5C=CCCCCC[C@H](NC(=O)c5ccn(CCF)n5)C(=O)N4C3)cc(OC(C)C)nc2c1C. The number of alkyl halides is 1. The van der Waals surface area contributed by atoms with Crippen LogP contribution in [0.15, 0.2) is 42.6 Å². The number of amides is 4. The van der Waals surface area contributed by atoms with Crippen LogP contribution in [0.4, 0.5) is 4.39 Å². The largest absolute Gasteiger partial charge is 0.496 e. The van der Waals surface area contributed by atoms with Gasteiger partial charge in [-0.1, -0.05) is 25.0 Å². The Kier molecular flexibility index (Phi) is 12.2. The molecule has 2 saturated carbocycles. The lowest BCUT2D eigenvalue weighted by Crippen LogP contribution is -2.58. The molecule has 318 valence electrons. The fraction of sp³-hybridized carbons (Fsp3) is 0.561. The molecule has 2 aromatic heterocycles. The summed E-state index contributed by atoms with van der Waals surface area (Å²) in [6.07, 6.45) is 8.35. The van der Waals surface area contributed by atoms with Crippen LogP contribution < -0.4 is 29.6 Å². The van der Waals surface area contributed by atoms with Crippen molar-refractivity contribution in [3.8, 4) is 17.4 Å². The van der Waals surface area contributed by atoms with E-state index in [0.717, 1.165) is 18.4 Å². The van der Waals surface area contributed by atoms with Gasteiger partial charge in [0.25, 0.3) is 11.8 Å². The van der Waals surface area contributed by atoms with E-state index in [0.29, 0.717) is 54.0 Å². The van der Waals surface area contributed by atoms with E-state index in [-0.39, 0.29) is 44.1 Å². The summed E-state index contributed by atoms with van der Waals surface area (Å²) in [5.41, 5.74) is -0.200. The molecule has 1 aromatic carbocycles. The third-order valence-electron chi connectivity index (χ3n) is 11.3. The maximum atomic E-state index is 14.7. The Morgan fingerprint density at radius 1 is 1.10 bits per heavy atom. The summed E-state index contributed by atoms with van der Waals surface area (Å²) in [4.78, 5) is 62.7. The van der Waals surface area contributed by atoms with Crippen LogP contribution in [-0.2, 0) is 31.0 Å². The van der Waals surface area contributed by atoms with Crippen molar-refractivity contribution in [2.75, 3.05) is 20.3 Å². The van der Waals surface area contributed by atoms with Gasteiger partial charge in [0.15, 0.2) is 0 Å². The molecule has 3 fully saturated rings. The first-order chi connectivity index (χ1) is 28.2. The molecule has 3 aromatic rings. The number of halogens is 1. The number of methoxy groups -OCH3 is 1. The van der Waals surface area contributed by atoms with Crippen molar-refractivity contribution in [3.05, 3.63) is 53.9 Å². The van der Waals surface area contributed by atoms with Crippen LogP contribution in [0, 0.1) is 12.8 Å². The fourth-order valence-electron chi connectivity index (χ4n) is 7.93. The number of aryl methyl sites for hydroxylation is 2. The predicted octanol–water partition coefficient (Wildman–Crippen LogP) is 3.66. The lowest BCUT2D eigenvalue weighted by molar-refractivity contribution is -0.141. The standard InChI is InChI=1S/C41H52FN7O9S/c1-24(2)57-35-21-34(29-14-15-33(56-4)25(3)36(29)44-35)58-27-20-32-38(51)45-41(40(53)47-59(54,55)28-12-13-28)22-26(41)10-8-6-5-7-9-11-31(39(52)49(32)23-27)43-37(50)30-16-18-48(46-30)19-17-42/h8,10,14-16,18,21,24,26-28,31-32H,5-7,9,11-13,17,19-20,22-23H2,1-4H3,(H,43,50)(H,45,51)(H,47,53)/t26-,27-,31+,32+,41-/m1/s1. The molecule has 5 atom stereocenters. The summed E-state index contributed by atoms with van der Waals surface area (Å²) in [5, 5.41) is 9.85. The Bertz CT molecular complexity index is 2240. The number of sulfonamides is 1. The molecule has 3 N–H and O–H groups in total. The minimum Gasteiger partial charge on any atom is -0.496 e. The summed E-state index contributed by atoms with van der Waals surface area (Å²) < 4.78 is 60.6. The number of hydrogen-bond acceptors (Lipinski definition) is 11. The maximum absolute atomic E-state index is 14.7. The second kappa shape index (κ2) is 17.1. The molecule has 18 heteroatoms. The molecule has 16 nitrogen and oxygen atoms in total. The van der Waals surface area contributed by atoms with Crippen molar-refractivity contribution < 1.29 is 46.2 Å². The van der Waals surface area contributed by atoms with Gasteiger partial charge in [-0.2, -0.15) is 5.10 Å². The third-order valence-corrected chi connectivity index (χ3v) is 13.1. The molecule has 0 spiro atoms. The van der Waals surface area contributed by atoms with Gasteiger partial charge in [-0.05, 0) is 77.5 Å². The van der Waals surface area contributed by atoms with Gasteiger partial charge >= 0.3 is 0 Å². The van der Waals surface area contributed by atoms with E-state index < -0.39 is 75.2 Å². The average molecular weight is 838 g/mol. The highest BCUT2D eigenvalue weighted by molar-refractivity contribution is 7.91. The summed E-state index contributed by atoms with van der Waals surface area (Å²) in [6.45, 7) is 4.85. The van der Waals surface area contributed by atoms with Gasteiger partial charge in [-0.15, -0.1) is 0 Å². The highest BCUT2D eigenvalue weighted by Crippen LogP contribution is 2.46. The molecule has 2 aliphatic heterocycles. The summed E-state index contributed by atoms with van der Waals surface area (Å²) in [6, 6.07) is 4.48. The second-order valence-corrected chi connectivity index (χ2v) is 18.0. The number of rotatable bonds is 12. The molecule has 4 heterocycles. The van der Waals surface area contributed by atoms with Gasteiger partial charge in [0.05, 0.1) is 37.1 Å². The number of pyridine rings is 1. The topological polar surface area (TPSA) is 200 Å². The van der Waals surface area contributed by atoms with Crippen molar-refractivity contribution in [3.63, 3.8) is 0 Å². The molecule has 2 aliphatic carbocycles.